The summed E-state index contributed by atoms with van der Waals surface area (Å²) in [6.07, 6.45) is 0.145. The highest BCUT2D eigenvalue weighted by Crippen LogP contribution is 2.28. The summed E-state index contributed by atoms with van der Waals surface area (Å²) in [5.74, 6) is -1.28. The van der Waals surface area contributed by atoms with E-state index in [0.29, 0.717) is 5.69 Å². The summed E-state index contributed by atoms with van der Waals surface area (Å²) in [7, 11) is 0. The average Bonchev–Trinajstić information content (AvgIpc) is 2.67. The van der Waals surface area contributed by atoms with Crippen molar-refractivity contribution in [3.05, 3.63) is 40.9 Å². The molecule has 0 unspecified atom stereocenters. The normalized spacial score (nSPS) is 10.1. The summed E-state index contributed by atoms with van der Waals surface area (Å²) in [5.41, 5.74) is 0.404. The van der Waals surface area contributed by atoms with Crippen LogP contribution in [0.1, 0.15) is 5.69 Å². The van der Waals surface area contributed by atoms with E-state index in [-0.39, 0.29) is 17.0 Å². The molecule has 1 aromatic carbocycles. The Morgan fingerprint density at radius 1 is 1.31 bits per heavy atom. The second-order valence-electron chi connectivity index (χ2n) is 3.08. The minimum absolute atomic E-state index is 0.128. The smallest absolute Gasteiger partial charge is 0.136 e. The topological polar surface area (TPSA) is 36.7 Å². The zero-order valence-electron chi connectivity index (χ0n) is 8.08. The molecule has 0 aliphatic carbocycles. The zero-order chi connectivity index (χ0) is 11.5. The number of aromatic nitrogens is 1. The first kappa shape index (κ1) is 10.7. The Balaban J connectivity index is 2.47. The van der Waals surface area contributed by atoms with Gasteiger partial charge in [0, 0.05) is 5.38 Å². The molecule has 0 bridgehead atoms. The number of nitriles is 1. The molecule has 0 N–H and O–H groups in total. The Bertz CT molecular complexity index is 537. The Labute approximate surface area is 94.8 Å². The lowest BCUT2D eigenvalue weighted by atomic mass is 10.2. The van der Waals surface area contributed by atoms with Crippen molar-refractivity contribution in [2.45, 2.75) is 6.42 Å². The monoisotopic (exact) mass is 236 g/mol. The third kappa shape index (κ3) is 1.92. The Hall–Kier alpha value is -1.80. The van der Waals surface area contributed by atoms with Gasteiger partial charge in [0.2, 0.25) is 0 Å². The van der Waals surface area contributed by atoms with Crippen LogP contribution in [0.25, 0.3) is 10.6 Å². The van der Waals surface area contributed by atoms with Crippen LogP contribution in [0.15, 0.2) is 23.6 Å². The summed E-state index contributed by atoms with van der Waals surface area (Å²) < 4.78 is 26.8. The van der Waals surface area contributed by atoms with Crippen molar-refractivity contribution in [1.82, 2.24) is 4.98 Å². The van der Waals surface area contributed by atoms with E-state index in [2.05, 4.69) is 4.98 Å². The van der Waals surface area contributed by atoms with Gasteiger partial charge in [-0.25, -0.2) is 13.8 Å². The van der Waals surface area contributed by atoms with Gasteiger partial charge < -0.3 is 0 Å². The highest BCUT2D eigenvalue weighted by molar-refractivity contribution is 7.13. The van der Waals surface area contributed by atoms with Gasteiger partial charge in [0.05, 0.1) is 23.7 Å². The minimum atomic E-state index is -0.641. The minimum Gasteiger partial charge on any atom is -0.240 e. The fourth-order valence-electron chi connectivity index (χ4n) is 1.29. The summed E-state index contributed by atoms with van der Waals surface area (Å²) in [6.45, 7) is 0. The summed E-state index contributed by atoms with van der Waals surface area (Å²) in [5, 5.41) is 10.4. The maximum absolute atomic E-state index is 13.4. The second kappa shape index (κ2) is 4.37. The van der Waals surface area contributed by atoms with Crippen LogP contribution < -0.4 is 0 Å². The van der Waals surface area contributed by atoms with Crippen LogP contribution in [-0.4, -0.2) is 4.98 Å². The van der Waals surface area contributed by atoms with Gasteiger partial charge in [-0.15, -0.1) is 11.3 Å². The van der Waals surface area contributed by atoms with Crippen molar-refractivity contribution in [2.24, 2.45) is 0 Å². The molecule has 2 rings (SSSR count). The molecule has 0 aliphatic rings. The highest BCUT2D eigenvalue weighted by atomic mass is 32.1. The third-order valence-corrected chi connectivity index (χ3v) is 2.90. The van der Waals surface area contributed by atoms with E-state index in [1.165, 1.54) is 18.2 Å². The van der Waals surface area contributed by atoms with Crippen molar-refractivity contribution < 1.29 is 8.78 Å². The molecule has 0 fully saturated rings. The first-order valence-electron chi connectivity index (χ1n) is 4.48. The number of nitrogens with zero attached hydrogens (tertiary/aromatic N) is 2. The molecule has 2 nitrogen and oxygen atoms in total. The molecule has 5 heteroatoms. The number of halogens is 2. The fourth-order valence-corrected chi connectivity index (χ4v) is 2.15. The number of thiazole rings is 1. The summed E-state index contributed by atoms with van der Waals surface area (Å²) >= 11 is 1.13. The van der Waals surface area contributed by atoms with Crippen LogP contribution in [0.4, 0.5) is 8.78 Å². The quantitative estimate of drug-likeness (QED) is 0.803. The molecule has 16 heavy (non-hydrogen) atoms. The van der Waals surface area contributed by atoms with Crippen molar-refractivity contribution in [3.8, 4) is 16.6 Å². The van der Waals surface area contributed by atoms with E-state index in [0.717, 1.165) is 11.3 Å². The second-order valence-corrected chi connectivity index (χ2v) is 3.93. The van der Waals surface area contributed by atoms with Gasteiger partial charge in [-0.05, 0) is 12.1 Å². The van der Waals surface area contributed by atoms with E-state index >= 15 is 0 Å². The maximum Gasteiger partial charge on any atom is 0.136 e. The Kier molecular flexibility index (Phi) is 2.93. The predicted octanol–water partition coefficient (Wildman–Crippen LogP) is 3.15. The lowest BCUT2D eigenvalue weighted by Gasteiger charge is -1.99. The SMILES string of the molecule is N#CCc1csc(-c2c(F)cccc2F)n1. The highest BCUT2D eigenvalue weighted by Gasteiger charge is 2.14. The van der Waals surface area contributed by atoms with E-state index in [9.17, 15) is 8.78 Å². The van der Waals surface area contributed by atoms with Crippen molar-refractivity contribution in [1.29, 1.82) is 5.26 Å². The van der Waals surface area contributed by atoms with Gasteiger partial charge in [-0.1, -0.05) is 6.07 Å². The van der Waals surface area contributed by atoms with Crippen LogP contribution in [0.2, 0.25) is 0 Å². The number of hydrogen-bond donors (Lipinski definition) is 0. The van der Waals surface area contributed by atoms with Gasteiger partial charge in [0.1, 0.15) is 16.6 Å². The van der Waals surface area contributed by atoms with E-state index in [1.54, 1.807) is 5.38 Å². The first-order chi connectivity index (χ1) is 7.72. The van der Waals surface area contributed by atoms with Crippen molar-refractivity contribution in [2.75, 3.05) is 0 Å². The van der Waals surface area contributed by atoms with Gasteiger partial charge in [0.25, 0.3) is 0 Å². The van der Waals surface area contributed by atoms with E-state index in [1.807, 2.05) is 6.07 Å². The third-order valence-electron chi connectivity index (χ3n) is 1.99. The van der Waals surface area contributed by atoms with Gasteiger partial charge in [0.15, 0.2) is 0 Å². The summed E-state index contributed by atoms with van der Waals surface area (Å²) in [6, 6.07) is 5.61. The largest absolute Gasteiger partial charge is 0.240 e. The molecule has 0 spiro atoms. The van der Waals surface area contributed by atoms with Gasteiger partial charge >= 0.3 is 0 Å². The molecule has 0 saturated heterocycles. The molecule has 0 atom stereocenters. The average molecular weight is 236 g/mol. The lowest BCUT2D eigenvalue weighted by Crippen LogP contribution is -1.89. The molecule has 0 amide bonds. The molecular formula is C11H6F2N2S. The fraction of sp³-hybridized carbons (Fsp3) is 0.0909. The predicted molar refractivity (Wildman–Crippen MR) is 56.8 cm³/mol. The lowest BCUT2D eigenvalue weighted by molar-refractivity contribution is 0.589. The maximum atomic E-state index is 13.4. The molecule has 0 saturated carbocycles. The molecule has 1 heterocycles. The van der Waals surface area contributed by atoms with Crippen LogP contribution >= 0.6 is 11.3 Å². The number of rotatable bonds is 2. The zero-order valence-corrected chi connectivity index (χ0v) is 8.89. The standard InChI is InChI=1S/C11H6F2N2S/c12-8-2-1-3-9(13)10(8)11-15-7(4-5-14)6-16-11/h1-3,6H,4H2. The molecule has 0 aliphatic heterocycles. The van der Waals surface area contributed by atoms with Crippen LogP contribution in [0.3, 0.4) is 0 Å². The van der Waals surface area contributed by atoms with Crippen molar-refractivity contribution >= 4 is 11.3 Å². The molecular weight excluding hydrogens is 230 g/mol. The van der Waals surface area contributed by atoms with Gasteiger partial charge in [-0.3, -0.25) is 0 Å². The number of benzene rings is 1. The molecule has 0 radical (unpaired) electrons. The van der Waals surface area contributed by atoms with Crippen molar-refractivity contribution in [3.63, 3.8) is 0 Å². The molecule has 80 valence electrons. The Morgan fingerprint density at radius 3 is 2.62 bits per heavy atom. The van der Waals surface area contributed by atoms with Crippen LogP contribution in [-0.2, 0) is 6.42 Å². The molecule has 2 aromatic rings. The molecule has 1 aromatic heterocycles. The van der Waals surface area contributed by atoms with E-state index in [4.69, 9.17) is 5.26 Å². The van der Waals surface area contributed by atoms with Crippen LogP contribution in [0.5, 0.6) is 0 Å². The Morgan fingerprint density at radius 2 is 2.00 bits per heavy atom. The first-order valence-corrected chi connectivity index (χ1v) is 5.36. The number of hydrogen-bond acceptors (Lipinski definition) is 3. The summed E-state index contributed by atoms with van der Waals surface area (Å²) in [4.78, 5) is 4.01. The van der Waals surface area contributed by atoms with Crippen LogP contribution in [0, 0.1) is 23.0 Å². The van der Waals surface area contributed by atoms with E-state index < -0.39 is 11.6 Å². The van der Waals surface area contributed by atoms with Gasteiger partial charge in [-0.2, -0.15) is 5.26 Å².